The van der Waals surface area contributed by atoms with Crippen molar-refractivity contribution in [2.45, 2.75) is 46.6 Å². The number of anilines is 1. The van der Waals surface area contributed by atoms with E-state index in [9.17, 15) is 0 Å². The van der Waals surface area contributed by atoms with Crippen LogP contribution in [0.5, 0.6) is 0 Å². The highest BCUT2D eigenvalue weighted by molar-refractivity contribution is 6.29. The first kappa shape index (κ1) is 13.2. The number of nitrogens with one attached hydrogen (secondary N) is 1. The molecule has 0 unspecified atom stereocenters. The number of hydrogen-bond donors (Lipinski definition) is 1. The van der Waals surface area contributed by atoms with Crippen LogP contribution in [-0.2, 0) is 0 Å². The Morgan fingerprint density at radius 2 is 1.75 bits per heavy atom. The van der Waals surface area contributed by atoms with Crippen LogP contribution in [0.25, 0.3) is 0 Å². The first-order valence-corrected chi connectivity index (χ1v) is 5.83. The van der Waals surface area contributed by atoms with Crippen molar-refractivity contribution in [3.8, 4) is 0 Å². The zero-order chi connectivity index (χ0) is 12.4. The quantitative estimate of drug-likeness (QED) is 0.876. The summed E-state index contributed by atoms with van der Waals surface area (Å²) in [5.74, 6) is 0.763. The van der Waals surface area contributed by atoms with E-state index in [-0.39, 0.29) is 11.0 Å². The molecule has 0 bridgehead atoms. The van der Waals surface area contributed by atoms with Crippen molar-refractivity contribution < 1.29 is 0 Å². The smallest absolute Gasteiger partial charge is 0.151 e. The lowest BCUT2D eigenvalue weighted by molar-refractivity contribution is 0.302. The summed E-state index contributed by atoms with van der Waals surface area (Å²) in [6, 6.07) is 3.59. The van der Waals surface area contributed by atoms with Gasteiger partial charge in [-0.1, -0.05) is 32.4 Å². The minimum Gasteiger partial charge on any atom is -0.364 e. The second-order valence-corrected chi connectivity index (χ2v) is 6.37. The van der Waals surface area contributed by atoms with Gasteiger partial charge in [0, 0.05) is 5.54 Å². The molecule has 0 aromatic carbocycles. The first-order valence-electron chi connectivity index (χ1n) is 5.45. The second kappa shape index (κ2) is 4.58. The molecule has 0 aliphatic rings. The number of halogens is 1. The molecule has 16 heavy (non-hydrogen) atoms. The van der Waals surface area contributed by atoms with Crippen LogP contribution in [-0.4, -0.2) is 15.7 Å². The Labute approximate surface area is 103 Å². The summed E-state index contributed by atoms with van der Waals surface area (Å²) in [6.07, 6.45) is 1.05. The summed E-state index contributed by atoms with van der Waals surface area (Å²) >= 11 is 5.69. The van der Waals surface area contributed by atoms with Crippen LogP contribution in [0.2, 0.25) is 5.15 Å². The molecule has 1 N–H and O–H groups in total. The summed E-state index contributed by atoms with van der Waals surface area (Å²) in [7, 11) is 0. The monoisotopic (exact) mass is 241 g/mol. The molecular weight excluding hydrogens is 222 g/mol. The highest BCUT2D eigenvalue weighted by Gasteiger charge is 2.25. The van der Waals surface area contributed by atoms with Gasteiger partial charge in [0.15, 0.2) is 5.15 Å². The Bertz CT molecular complexity index is 338. The molecule has 1 heterocycles. The highest BCUT2D eigenvalue weighted by Crippen LogP contribution is 2.29. The molecule has 0 fully saturated rings. The molecule has 0 saturated carbocycles. The van der Waals surface area contributed by atoms with E-state index in [1.54, 1.807) is 6.07 Å². The van der Waals surface area contributed by atoms with Crippen LogP contribution < -0.4 is 5.32 Å². The van der Waals surface area contributed by atoms with Gasteiger partial charge < -0.3 is 5.32 Å². The maximum atomic E-state index is 5.69. The summed E-state index contributed by atoms with van der Waals surface area (Å²) < 4.78 is 0. The molecule has 3 nitrogen and oxygen atoms in total. The van der Waals surface area contributed by atoms with Crippen molar-refractivity contribution in [1.82, 2.24) is 10.2 Å². The van der Waals surface area contributed by atoms with Gasteiger partial charge in [-0.05, 0) is 37.8 Å². The Balaban J connectivity index is 2.69. The van der Waals surface area contributed by atoms with E-state index in [4.69, 9.17) is 11.6 Å². The molecule has 0 atom stereocenters. The Hall–Kier alpha value is -0.830. The minimum absolute atomic E-state index is 0.0131. The molecule has 0 aliphatic carbocycles. The van der Waals surface area contributed by atoms with Crippen molar-refractivity contribution in [3.05, 3.63) is 17.3 Å². The molecule has 90 valence electrons. The Morgan fingerprint density at radius 1 is 1.12 bits per heavy atom. The first-order chi connectivity index (χ1) is 7.18. The van der Waals surface area contributed by atoms with Gasteiger partial charge in [0.2, 0.25) is 0 Å². The van der Waals surface area contributed by atoms with Crippen LogP contribution in [0.15, 0.2) is 12.1 Å². The van der Waals surface area contributed by atoms with E-state index in [0.717, 1.165) is 12.2 Å². The van der Waals surface area contributed by atoms with Gasteiger partial charge in [-0.2, -0.15) is 0 Å². The topological polar surface area (TPSA) is 37.8 Å². The van der Waals surface area contributed by atoms with Crippen LogP contribution >= 0.6 is 11.6 Å². The minimum atomic E-state index is -0.0131. The predicted octanol–water partition coefficient (Wildman–Crippen LogP) is 3.76. The zero-order valence-corrected chi connectivity index (χ0v) is 11.4. The van der Waals surface area contributed by atoms with Gasteiger partial charge in [0.05, 0.1) is 0 Å². The normalized spacial score (nSPS) is 12.6. The van der Waals surface area contributed by atoms with Crippen LogP contribution in [0.3, 0.4) is 0 Å². The van der Waals surface area contributed by atoms with E-state index in [0.29, 0.717) is 5.15 Å². The molecular formula is C12H20ClN3. The lowest BCUT2D eigenvalue weighted by Gasteiger charge is -2.33. The molecule has 1 aromatic heterocycles. The third-order valence-electron chi connectivity index (χ3n) is 2.07. The second-order valence-electron chi connectivity index (χ2n) is 5.99. The zero-order valence-electron chi connectivity index (χ0n) is 10.6. The lowest BCUT2D eigenvalue weighted by Crippen LogP contribution is -2.35. The number of aromatic nitrogens is 2. The van der Waals surface area contributed by atoms with Gasteiger partial charge in [0.25, 0.3) is 0 Å². The standard InChI is InChI=1S/C12H20ClN3/c1-11(2,3)8-12(4,5)14-10-7-6-9(13)15-16-10/h6-7H,8H2,1-5H3,(H,14,16). The highest BCUT2D eigenvalue weighted by atomic mass is 35.5. The maximum Gasteiger partial charge on any atom is 0.151 e. The Kier molecular flexibility index (Phi) is 3.79. The molecule has 4 heteroatoms. The van der Waals surface area contributed by atoms with Gasteiger partial charge in [-0.25, -0.2) is 0 Å². The van der Waals surface area contributed by atoms with Crippen molar-refractivity contribution in [3.63, 3.8) is 0 Å². The molecule has 0 spiro atoms. The predicted molar refractivity (Wildman–Crippen MR) is 68.8 cm³/mol. The van der Waals surface area contributed by atoms with E-state index in [1.807, 2.05) is 6.07 Å². The molecule has 1 rings (SSSR count). The Morgan fingerprint density at radius 3 is 2.19 bits per heavy atom. The summed E-state index contributed by atoms with van der Waals surface area (Å²) in [5.41, 5.74) is 0.261. The average molecular weight is 242 g/mol. The fourth-order valence-corrected chi connectivity index (χ4v) is 2.20. The van der Waals surface area contributed by atoms with E-state index in [2.05, 4.69) is 50.1 Å². The molecule has 0 saturated heterocycles. The lowest BCUT2D eigenvalue weighted by atomic mass is 9.82. The van der Waals surface area contributed by atoms with E-state index < -0.39 is 0 Å². The van der Waals surface area contributed by atoms with Gasteiger partial charge in [-0.15, -0.1) is 10.2 Å². The molecule has 1 aromatic rings. The van der Waals surface area contributed by atoms with E-state index >= 15 is 0 Å². The molecule has 0 aliphatic heterocycles. The van der Waals surface area contributed by atoms with Crippen molar-refractivity contribution in [2.75, 3.05) is 5.32 Å². The third kappa shape index (κ3) is 4.79. The fraction of sp³-hybridized carbons (Fsp3) is 0.667. The van der Waals surface area contributed by atoms with Crippen molar-refractivity contribution >= 4 is 17.4 Å². The van der Waals surface area contributed by atoms with Crippen molar-refractivity contribution in [2.24, 2.45) is 5.41 Å². The molecule has 0 amide bonds. The van der Waals surface area contributed by atoms with Crippen molar-refractivity contribution in [1.29, 1.82) is 0 Å². The fourth-order valence-electron chi connectivity index (χ4n) is 2.10. The third-order valence-corrected chi connectivity index (χ3v) is 2.27. The summed E-state index contributed by atoms with van der Waals surface area (Å²) in [6.45, 7) is 11.0. The SMILES string of the molecule is CC(C)(C)CC(C)(C)Nc1ccc(Cl)nn1. The average Bonchev–Trinajstić information content (AvgIpc) is 2.04. The number of hydrogen-bond acceptors (Lipinski definition) is 3. The number of nitrogens with zero attached hydrogens (tertiary/aromatic N) is 2. The maximum absolute atomic E-state index is 5.69. The van der Waals surface area contributed by atoms with Crippen LogP contribution in [0, 0.1) is 5.41 Å². The largest absolute Gasteiger partial charge is 0.364 e. The van der Waals surface area contributed by atoms with Crippen LogP contribution in [0.1, 0.15) is 41.0 Å². The molecule has 0 radical (unpaired) electrons. The van der Waals surface area contributed by atoms with E-state index in [1.165, 1.54) is 0 Å². The van der Waals surface area contributed by atoms with Gasteiger partial charge >= 0.3 is 0 Å². The van der Waals surface area contributed by atoms with Gasteiger partial charge in [0.1, 0.15) is 5.82 Å². The summed E-state index contributed by atoms with van der Waals surface area (Å²) in [4.78, 5) is 0. The summed E-state index contributed by atoms with van der Waals surface area (Å²) in [5, 5.41) is 11.6. The number of rotatable bonds is 3. The van der Waals surface area contributed by atoms with Gasteiger partial charge in [-0.3, -0.25) is 0 Å². The van der Waals surface area contributed by atoms with Crippen LogP contribution in [0.4, 0.5) is 5.82 Å².